The van der Waals surface area contributed by atoms with Gasteiger partial charge in [-0.2, -0.15) is 13.2 Å². The summed E-state index contributed by atoms with van der Waals surface area (Å²) in [5.41, 5.74) is -1.31. The Kier molecular flexibility index (Phi) is 7.09. The fraction of sp³-hybridized carbons (Fsp3) is 0.304. The van der Waals surface area contributed by atoms with Crippen molar-refractivity contribution in [2.24, 2.45) is 5.92 Å². The van der Waals surface area contributed by atoms with Crippen LogP contribution in [0.4, 0.5) is 28.9 Å². The lowest BCUT2D eigenvalue weighted by atomic mass is 9.88. The van der Waals surface area contributed by atoms with Crippen molar-refractivity contribution in [1.29, 1.82) is 0 Å². The van der Waals surface area contributed by atoms with E-state index in [1.54, 1.807) is 6.07 Å². The predicted octanol–water partition coefficient (Wildman–Crippen LogP) is 5.93. The third-order valence-corrected chi connectivity index (χ3v) is 5.13. The molecule has 4 nitrogen and oxygen atoms in total. The third-order valence-electron chi connectivity index (χ3n) is 5.13. The molecule has 2 aromatic rings. The summed E-state index contributed by atoms with van der Waals surface area (Å²) in [6, 6.07) is 10.4. The Labute approximate surface area is 177 Å². The zero-order chi connectivity index (χ0) is 22.4. The summed E-state index contributed by atoms with van der Waals surface area (Å²) < 4.78 is 54.3. The Balaban J connectivity index is 1.75. The Hall–Kier alpha value is -3.16. The van der Waals surface area contributed by atoms with Gasteiger partial charge in [-0.25, -0.2) is 4.39 Å². The zero-order valence-electron chi connectivity index (χ0n) is 16.6. The maximum Gasteiger partial charge on any atom is 0.417 e. The molecule has 0 aliphatic heterocycles. The van der Waals surface area contributed by atoms with Gasteiger partial charge in [0.25, 0.3) is 0 Å². The van der Waals surface area contributed by atoms with Crippen LogP contribution < -0.4 is 10.6 Å². The van der Waals surface area contributed by atoms with Gasteiger partial charge in [0.05, 0.1) is 11.3 Å². The average Bonchev–Trinajstić information content (AvgIpc) is 2.75. The van der Waals surface area contributed by atoms with E-state index in [1.807, 2.05) is 0 Å². The SMILES string of the molecule is O=C(/C=C(/c1ccccc1)C(F)(F)F)Nc1ccc(F)c(NC(=O)C2CCCCC2)c1. The molecule has 0 heterocycles. The number of benzene rings is 2. The first kappa shape index (κ1) is 22.5. The van der Waals surface area contributed by atoms with Crippen molar-refractivity contribution < 1.29 is 27.2 Å². The predicted molar refractivity (Wildman–Crippen MR) is 111 cm³/mol. The van der Waals surface area contributed by atoms with E-state index in [9.17, 15) is 27.2 Å². The second kappa shape index (κ2) is 9.76. The van der Waals surface area contributed by atoms with E-state index in [1.165, 1.54) is 36.4 Å². The van der Waals surface area contributed by atoms with Crippen LogP contribution in [0.5, 0.6) is 0 Å². The minimum absolute atomic E-state index is 0.0659. The minimum atomic E-state index is -4.74. The summed E-state index contributed by atoms with van der Waals surface area (Å²) in [7, 11) is 0. The van der Waals surface area contributed by atoms with E-state index in [2.05, 4.69) is 10.6 Å². The molecule has 2 amide bonds. The van der Waals surface area contributed by atoms with Crippen LogP contribution >= 0.6 is 0 Å². The topological polar surface area (TPSA) is 58.2 Å². The van der Waals surface area contributed by atoms with Crippen LogP contribution in [0.3, 0.4) is 0 Å². The molecule has 0 unspecified atom stereocenters. The fourth-order valence-electron chi connectivity index (χ4n) is 3.55. The number of anilines is 2. The number of carbonyl (C=O) groups is 2. The number of hydrogen-bond donors (Lipinski definition) is 2. The highest BCUT2D eigenvalue weighted by Crippen LogP contribution is 2.34. The lowest BCUT2D eigenvalue weighted by Crippen LogP contribution is -2.25. The Bertz CT molecular complexity index is 965. The third kappa shape index (κ3) is 6.16. The van der Waals surface area contributed by atoms with E-state index in [0.29, 0.717) is 6.08 Å². The number of amides is 2. The van der Waals surface area contributed by atoms with Crippen LogP contribution in [0.25, 0.3) is 5.57 Å². The van der Waals surface area contributed by atoms with E-state index in [0.717, 1.165) is 38.2 Å². The highest BCUT2D eigenvalue weighted by Gasteiger charge is 2.35. The number of carbonyl (C=O) groups excluding carboxylic acids is 2. The molecule has 1 aliphatic rings. The van der Waals surface area contributed by atoms with Crippen molar-refractivity contribution in [3.05, 3.63) is 66.0 Å². The first-order chi connectivity index (χ1) is 14.7. The van der Waals surface area contributed by atoms with Crippen LogP contribution in [0.1, 0.15) is 37.7 Å². The molecule has 0 saturated heterocycles. The van der Waals surface area contributed by atoms with Gasteiger partial charge in [0.15, 0.2) is 0 Å². The molecule has 31 heavy (non-hydrogen) atoms. The molecule has 3 rings (SSSR count). The molecule has 0 spiro atoms. The number of allylic oxidation sites excluding steroid dienone is 1. The van der Waals surface area contributed by atoms with Gasteiger partial charge < -0.3 is 10.6 Å². The first-order valence-corrected chi connectivity index (χ1v) is 10.00. The zero-order valence-corrected chi connectivity index (χ0v) is 16.6. The number of nitrogens with one attached hydrogen (secondary N) is 2. The van der Waals surface area contributed by atoms with Crippen molar-refractivity contribution in [3.8, 4) is 0 Å². The quantitative estimate of drug-likeness (QED) is 0.453. The van der Waals surface area contributed by atoms with Crippen molar-refractivity contribution >= 4 is 28.8 Å². The van der Waals surface area contributed by atoms with Crippen molar-refractivity contribution in [2.75, 3.05) is 10.6 Å². The molecular formula is C23H22F4N2O2. The summed E-state index contributed by atoms with van der Waals surface area (Å²) >= 11 is 0. The van der Waals surface area contributed by atoms with E-state index in [4.69, 9.17) is 0 Å². The molecule has 1 fully saturated rings. The molecule has 0 atom stereocenters. The molecule has 2 N–H and O–H groups in total. The summed E-state index contributed by atoms with van der Waals surface area (Å²) in [6.45, 7) is 0. The van der Waals surface area contributed by atoms with Gasteiger partial charge in [-0.1, -0.05) is 49.6 Å². The molecule has 2 aromatic carbocycles. The first-order valence-electron chi connectivity index (χ1n) is 10.00. The number of rotatable bonds is 5. The lowest BCUT2D eigenvalue weighted by molar-refractivity contribution is -0.120. The number of hydrogen-bond acceptors (Lipinski definition) is 2. The highest BCUT2D eigenvalue weighted by molar-refractivity contribution is 6.05. The fourth-order valence-corrected chi connectivity index (χ4v) is 3.55. The van der Waals surface area contributed by atoms with Crippen molar-refractivity contribution in [2.45, 2.75) is 38.3 Å². The molecule has 1 saturated carbocycles. The van der Waals surface area contributed by atoms with Gasteiger partial charge in [0, 0.05) is 17.7 Å². The summed E-state index contributed by atoms with van der Waals surface area (Å²) in [4.78, 5) is 24.6. The molecule has 8 heteroatoms. The largest absolute Gasteiger partial charge is 0.417 e. The van der Waals surface area contributed by atoms with Crippen molar-refractivity contribution in [3.63, 3.8) is 0 Å². The molecular weight excluding hydrogens is 412 g/mol. The van der Waals surface area contributed by atoms with Crippen LogP contribution in [0.2, 0.25) is 0 Å². The Morgan fingerprint density at radius 3 is 2.26 bits per heavy atom. The second-order valence-electron chi connectivity index (χ2n) is 7.43. The average molecular weight is 434 g/mol. The summed E-state index contributed by atoms with van der Waals surface area (Å²) in [5.74, 6) is -2.22. The number of halogens is 4. The van der Waals surface area contributed by atoms with E-state index < -0.39 is 23.5 Å². The van der Waals surface area contributed by atoms with E-state index >= 15 is 0 Å². The minimum Gasteiger partial charge on any atom is -0.323 e. The van der Waals surface area contributed by atoms with Crippen LogP contribution in [0, 0.1) is 11.7 Å². The molecule has 1 aliphatic carbocycles. The molecule has 164 valence electrons. The van der Waals surface area contributed by atoms with Gasteiger partial charge in [0.1, 0.15) is 5.82 Å². The van der Waals surface area contributed by atoms with Gasteiger partial charge in [-0.3, -0.25) is 9.59 Å². The molecule has 0 radical (unpaired) electrons. The van der Waals surface area contributed by atoms with Gasteiger partial charge in [0.2, 0.25) is 11.8 Å². The van der Waals surface area contributed by atoms with Crippen molar-refractivity contribution in [1.82, 2.24) is 0 Å². The Morgan fingerprint density at radius 2 is 1.61 bits per heavy atom. The smallest absolute Gasteiger partial charge is 0.323 e. The molecule has 0 aromatic heterocycles. The van der Waals surface area contributed by atoms with Gasteiger partial charge >= 0.3 is 6.18 Å². The lowest BCUT2D eigenvalue weighted by Gasteiger charge is -2.21. The monoisotopic (exact) mass is 434 g/mol. The van der Waals surface area contributed by atoms with Crippen LogP contribution in [-0.2, 0) is 9.59 Å². The normalized spacial score (nSPS) is 15.4. The standard InChI is InChI=1S/C23H22F4N2O2/c24-19-12-11-17(13-20(19)29-22(31)16-9-5-2-6-10-16)28-21(30)14-18(23(25,26)27)15-7-3-1-4-8-15/h1,3-4,7-8,11-14,16H,2,5-6,9-10H2,(H,28,30)(H,29,31)/b18-14-. The van der Waals surface area contributed by atoms with Gasteiger partial charge in [-0.05, 0) is 36.6 Å². The second-order valence-corrected chi connectivity index (χ2v) is 7.43. The maximum atomic E-state index is 14.1. The maximum absolute atomic E-state index is 14.1. The van der Waals surface area contributed by atoms with Gasteiger partial charge in [-0.15, -0.1) is 0 Å². The van der Waals surface area contributed by atoms with Crippen LogP contribution in [-0.4, -0.2) is 18.0 Å². The van der Waals surface area contributed by atoms with Crippen LogP contribution in [0.15, 0.2) is 54.6 Å². The number of alkyl halides is 3. The highest BCUT2D eigenvalue weighted by atomic mass is 19.4. The summed E-state index contributed by atoms with van der Waals surface area (Å²) in [6.07, 6.45) is 0.121. The Morgan fingerprint density at radius 1 is 0.935 bits per heavy atom. The summed E-state index contributed by atoms with van der Waals surface area (Å²) in [5, 5.41) is 4.83. The molecule has 0 bridgehead atoms. The van der Waals surface area contributed by atoms with E-state index in [-0.39, 0.29) is 28.8 Å².